The van der Waals surface area contributed by atoms with E-state index in [1.807, 2.05) is 19.1 Å². The maximum Gasteiger partial charge on any atom is 0.142 e. The zero-order chi connectivity index (χ0) is 11.4. The van der Waals surface area contributed by atoms with Crippen molar-refractivity contribution in [1.29, 1.82) is 0 Å². The van der Waals surface area contributed by atoms with Crippen LogP contribution in [0.5, 0.6) is 5.75 Å². The number of ether oxygens (including phenoxy) is 1. The normalized spacial score (nSPS) is 17.5. The molecular formula is C13H20N2O. The summed E-state index contributed by atoms with van der Waals surface area (Å²) in [6.45, 7) is 7.05. The van der Waals surface area contributed by atoms with Crippen LogP contribution in [-0.4, -0.2) is 32.8 Å². The fourth-order valence-electron chi connectivity index (χ4n) is 2.06. The second kappa shape index (κ2) is 5.21. The molecule has 3 nitrogen and oxygen atoms in total. The van der Waals surface area contributed by atoms with Gasteiger partial charge in [-0.25, -0.2) is 0 Å². The Morgan fingerprint density at radius 1 is 1.31 bits per heavy atom. The molecule has 1 aromatic rings. The number of anilines is 1. The maximum atomic E-state index is 5.65. The van der Waals surface area contributed by atoms with Gasteiger partial charge in [0.05, 0.1) is 38.5 Å². The Morgan fingerprint density at radius 3 is 2.69 bits per heavy atom. The number of para-hydroxylation sites is 2. The Hall–Kier alpha value is -1.22. The highest BCUT2D eigenvalue weighted by atomic mass is 16.5. The fourth-order valence-corrected chi connectivity index (χ4v) is 2.06. The number of hydrogen-bond donors (Lipinski definition) is 1. The first-order chi connectivity index (χ1) is 7.81. The van der Waals surface area contributed by atoms with E-state index in [-0.39, 0.29) is 0 Å². The highest BCUT2D eigenvalue weighted by Crippen LogP contribution is 2.27. The van der Waals surface area contributed by atoms with Crippen molar-refractivity contribution in [3.63, 3.8) is 0 Å². The number of hydrogen-bond acceptors (Lipinski definition) is 2. The van der Waals surface area contributed by atoms with E-state index < -0.39 is 0 Å². The van der Waals surface area contributed by atoms with Crippen LogP contribution >= 0.6 is 0 Å². The van der Waals surface area contributed by atoms with E-state index in [4.69, 9.17) is 4.74 Å². The topological polar surface area (TPSA) is 16.9 Å². The molecule has 2 rings (SSSR count). The molecule has 1 heterocycles. The molecule has 1 aliphatic heterocycles. The van der Waals surface area contributed by atoms with Crippen molar-refractivity contribution in [1.82, 2.24) is 0 Å². The average Bonchev–Trinajstić information content (AvgIpc) is 2.32. The third-order valence-corrected chi connectivity index (χ3v) is 2.98. The van der Waals surface area contributed by atoms with Crippen LogP contribution in [0, 0.1) is 7.05 Å². The molecule has 0 aromatic heterocycles. The third-order valence-electron chi connectivity index (χ3n) is 2.98. The van der Waals surface area contributed by atoms with Crippen LogP contribution in [0.2, 0.25) is 0 Å². The molecule has 0 aliphatic carbocycles. The number of rotatable bonds is 3. The molecule has 0 amide bonds. The van der Waals surface area contributed by atoms with Gasteiger partial charge in [-0.05, 0) is 19.1 Å². The van der Waals surface area contributed by atoms with Gasteiger partial charge in [-0.15, -0.1) is 0 Å². The highest BCUT2D eigenvalue weighted by molar-refractivity contribution is 5.58. The monoisotopic (exact) mass is 220 g/mol. The lowest BCUT2D eigenvalue weighted by atomic mass is 10.2. The van der Waals surface area contributed by atoms with Gasteiger partial charge in [0.25, 0.3) is 0 Å². The van der Waals surface area contributed by atoms with Gasteiger partial charge in [0.1, 0.15) is 5.75 Å². The first-order valence-electron chi connectivity index (χ1n) is 5.94. The number of nitrogens with zero attached hydrogens (tertiary/aromatic N) is 1. The van der Waals surface area contributed by atoms with Crippen LogP contribution in [-0.2, 0) is 0 Å². The summed E-state index contributed by atoms with van der Waals surface area (Å²) in [7, 11) is 4.04. The summed E-state index contributed by atoms with van der Waals surface area (Å²) in [4.78, 5) is 3.75. The molecule has 0 spiro atoms. The summed E-state index contributed by atoms with van der Waals surface area (Å²) in [6.07, 6.45) is 0. The average molecular weight is 220 g/mol. The number of quaternary nitrogens is 1. The Balaban J connectivity index is 2.13. The molecule has 1 aliphatic rings. The van der Waals surface area contributed by atoms with E-state index in [1.165, 1.54) is 10.6 Å². The second-order valence-electron chi connectivity index (χ2n) is 4.14. The lowest BCUT2D eigenvalue weighted by Crippen LogP contribution is -3.10. The molecule has 3 heteroatoms. The molecule has 16 heavy (non-hydrogen) atoms. The Kier molecular flexibility index (Phi) is 3.67. The van der Waals surface area contributed by atoms with Crippen molar-refractivity contribution < 1.29 is 9.64 Å². The van der Waals surface area contributed by atoms with Crippen LogP contribution in [0.25, 0.3) is 0 Å². The second-order valence-corrected chi connectivity index (χ2v) is 4.14. The van der Waals surface area contributed by atoms with Crippen LogP contribution in [0.1, 0.15) is 6.92 Å². The highest BCUT2D eigenvalue weighted by Gasteiger charge is 2.17. The summed E-state index contributed by atoms with van der Waals surface area (Å²) in [5.41, 5.74) is 1.22. The molecule has 1 saturated heterocycles. The number of piperazine rings is 1. The number of benzene rings is 1. The Labute approximate surface area is 97.6 Å². The molecule has 88 valence electrons. The largest absolute Gasteiger partial charge is 0.492 e. The van der Waals surface area contributed by atoms with E-state index in [9.17, 15) is 0 Å². The van der Waals surface area contributed by atoms with Gasteiger partial charge in [0.2, 0.25) is 0 Å². The van der Waals surface area contributed by atoms with Crippen LogP contribution < -0.4 is 14.5 Å². The van der Waals surface area contributed by atoms with Crippen LogP contribution in [0.3, 0.4) is 0 Å². The van der Waals surface area contributed by atoms with Crippen molar-refractivity contribution in [2.24, 2.45) is 0 Å². The molecular weight excluding hydrogens is 200 g/mol. The zero-order valence-electron chi connectivity index (χ0n) is 9.91. The standard InChI is InChI=1S/C13H20N2O/c1-3-16-13-7-5-4-6-12(13)15-10-8-14(2)9-11-15/h4-7,14H,2-3,8-11H2,1H3. The first-order valence-corrected chi connectivity index (χ1v) is 5.94. The van der Waals surface area contributed by atoms with Gasteiger partial charge in [0.15, 0.2) is 0 Å². The summed E-state index contributed by atoms with van der Waals surface area (Å²) in [5, 5.41) is 0. The maximum absolute atomic E-state index is 5.65. The quantitative estimate of drug-likeness (QED) is 0.751. The van der Waals surface area contributed by atoms with Crippen molar-refractivity contribution in [2.75, 3.05) is 37.7 Å². The first kappa shape index (κ1) is 11.3. The molecule has 0 atom stereocenters. The van der Waals surface area contributed by atoms with E-state index >= 15 is 0 Å². The molecule has 1 fully saturated rings. The smallest absolute Gasteiger partial charge is 0.142 e. The summed E-state index contributed by atoms with van der Waals surface area (Å²) in [5.74, 6) is 0.998. The van der Waals surface area contributed by atoms with E-state index in [0.29, 0.717) is 0 Å². The summed E-state index contributed by atoms with van der Waals surface area (Å²) >= 11 is 0. The van der Waals surface area contributed by atoms with E-state index in [1.54, 1.807) is 0 Å². The van der Waals surface area contributed by atoms with Crippen molar-refractivity contribution in [3.05, 3.63) is 31.3 Å². The van der Waals surface area contributed by atoms with Gasteiger partial charge in [-0.2, -0.15) is 7.05 Å². The molecule has 1 aromatic carbocycles. The third kappa shape index (κ3) is 2.47. The predicted octanol–water partition coefficient (Wildman–Crippen LogP) is 0.582. The lowest BCUT2D eigenvalue weighted by molar-refractivity contribution is -0.854. The van der Waals surface area contributed by atoms with Crippen molar-refractivity contribution in [3.8, 4) is 5.75 Å². The molecule has 1 N–H and O–H groups in total. The Bertz CT molecular complexity index is 332. The fraction of sp³-hybridized carbons (Fsp3) is 0.462. The lowest BCUT2D eigenvalue weighted by Gasteiger charge is -2.35. The van der Waals surface area contributed by atoms with Gasteiger partial charge >= 0.3 is 0 Å². The van der Waals surface area contributed by atoms with Gasteiger partial charge < -0.3 is 14.5 Å². The van der Waals surface area contributed by atoms with Gasteiger partial charge in [0, 0.05) is 0 Å². The minimum atomic E-state index is 0.720. The van der Waals surface area contributed by atoms with Crippen molar-refractivity contribution in [2.45, 2.75) is 6.92 Å². The van der Waals surface area contributed by atoms with E-state index in [0.717, 1.165) is 38.5 Å². The zero-order valence-corrected chi connectivity index (χ0v) is 9.91. The minimum Gasteiger partial charge on any atom is -0.492 e. The Morgan fingerprint density at radius 2 is 2.00 bits per heavy atom. The van der Waals surface area contributed by atoms with Crippen molar-refractivity contribution >= 4 is 5.69 Å². The molecule has 0 radical (unpaired) electrons. The van der Waals surface area contributed by atoms with E-state index in [2.05, 4.69) is 24.1 Å². The summed E-state index contributed by atoms with van der Waals surface area (Å²) in [6, 6.07) is 8.28. The van der Waals surface area contributed by atoms with Gasteiger partial charge in [-0.3, -0.25) is 0 Å². The number of nitrogens with one attached hydrogen (secondary N) is 1. The van der Waals surface area contributed by atoms with Crippen LogP contribution in [0.15, 0.2) is 24.3 Å². The predicted molar refractivity (Wildman–Crippen MR) is 65.9 cm³/mol. The molecule has 0 bridgehead atoms. The van der Waals surface area contributed by atoms with Gasteiger partial charge in [-0.1, -0.05) is 12.1 Å². The minimum absolute atomic E-state index is 0.720. The summed E-state index contributed by atoms with van der Waals surface area (Å²) < 4.78 is 5.65. The molecule has 0 saturated carbocycles. The molecule has 0 unspecified atom stereocenters. The van der Waals surface area contributed by atoms with Crippen LogP contribution in [0.4, 0.5) is 5.69 Å². The SMILES string of the molecule is [CH2-][NH+]1CCN(c2ccccc2OCC)CC1.